The first kappa shape index (κ1) is 50.3. The number of carbonyl (C=O) groups excluding carboxylic acids is 3. The van der Waals surface area contributed by atoms with Crippen LogP contribution in [0, 0.1) is 18.7 Å². The number of ether oxygens (including phenoxy) is 1. The van der Waals surface area contributed by atoms with Crippen LogP contribution in [0.2, 0.25) is 0 Å². The van der Waals surface area contributed by atoms with Gasteiger partial charge in [-0.2, -0.15) is 0 Å². The van der Waals surface area contributed by atoms with Gasteiger partial charge in [0.15, 0.2) is 0 Å². The van der Waals surface area contributed by atoms with E-state index < -0.39 is 11.9 Å². The molecule has 1 unspecified atom stereocenters. The van der Waals surface area contributed by atoms with Gasteiger partial charge in [-0.05, 0) is 124 Å². The maximum Gasteiger partial charge on any atom is 0.330 e. The Balaban J connectivity index is 0.682. The topological polar surface area (TPSA) is 164 Å². The summed E-state index contributed by atoms with van der Waals surface area (Å²) in [6.07, 6.45) is 10.4. The molecule has 4 fully saturated rings. The summed E-state index contributed by atoms with van der Waals surface area (Å²) >= 11 is 0. The smallest absolute Gasteiger partial charge is 0.330 e. The zero-order valence-electron chi connectivity index (χ0n) is 43.9. The van der Waals surface area contributed by atoms with Crippen molar-refractivity contribution in [1.82, 2.24) is 48.2 Å². The Morgan fingerprint density at radius 1 is 0.933 bits per heavy atom. The number of halogens is 1. The Bertz CT molecular complexity index is 3370. The number of hydrogen-bond acceptors (Lipinski definition) is 11. The molecule has 4 aliphatic heterocycles. The van der Waals surface area contributed by atoms with E-state index in [2.05, 4.69) is 73.0 Å². The van der Waals surface area contributed by atoms with Gasteiger partial charge < -0.3 is 19.5 Å². The van der Waals surface area contributed by atoms with E-state index in [4.69, 9.17) is 4.74 Å². The molecule has 2 N–H and O–H groups in total. The maximum absolute atomic E-state index is 16.2. The molecule has 1 saturated carbocycles. The van der Waals surface area contributed by atoms with E-state index in [9.17, 15) is 24.0 Å². The average Bonchev–Trinajstić information content (AvgIpc) is 4.12. The van der Waals surface area contributed by atoms with Crippen LogP contribution in [0.15, 0.2) is 76.6 Å². The van der Waals surface area contributed by atoms with E-state index in [-0.39, 0.29) is 53.1 Å². The number of hydrogen-bond donors (Lipinski definition) is 2. The molecule has 4 aromatic heterocycles. The average molecular weight is 1020 g/mol. The minimum Gasteiger partial charge on any atom is -0.490 e. The molecule has 2 aromatic carbocycles. The van der Waals surface area contributed by atoms with Crippen LogP contribution < -0.4 is 26.6 Å². The number of aromatic nitrogens is 5. The highest BCUT2D eigenvalue weighted by atomic mass is 19.1. The van der Waals surface area contributed by atoms with Crippen LogP contribution in [0.3, 0.4) is 0 Å². The van der Waals surface area contributed by atoms with Crippen LogP contribution in [0.1, 0.15) is 110 Å². The quantitative estimate of drug-likeness (QED) is 0.121. The van der Waals surface area contributed by atoms with E-state index in [1.165, 1.54) is 13.2 Å². The third-order valence-corrected chi connectivity index (χ3v) is 16.9. The fourth-order valence-corrected chi connectivity index (χ4v) is 12.5. The number of benzene rings is 2. The van der Waals surface area contributed by atoms with Crippen LogP contribution in [-0.4, -0.2) is 133 Å². The highest BCUT2D eigenvalue weighted by molar-refractivity contribution is 6.00. The number of imide groups is 1. The number of likely N-dealkylation sites (tertiary alicyclic amines) is 1. The number of nitrogens with zero attached hydrogens (tertiary/aromatic N) is 9. The first-order valence-corrected chi connectivity index (χ1v) is 26.7. The summed E-state index contributed by atoms with van der Waals surface area (Å²) in [4.78, 5) is 79.9. The van der Waals surface area contributed by atoms with Gasteiger partial charge in [0.1, 0.15) is 17.5 Å². The Labute approximate surface area is 435 Å². The van der Waals surface area contributed by atoms with Crippen molar-refractivity contribution in [1.29, 1.82) is 0 Å². The van der Waals surface area contributed by atoms with Crippen LogP contribution in [0.5, 0.6) is 5.75 Å². The zero-order chi connectivity index (χ0) is 52.4. The molecule has 1 aliphatic carbocycles. The monoisotopic (exact) mass is 1020 g/mol. The molecule has 3 amide bonds. The number of imidazole rings is 1. The summed E-state index contributed by atoms with van der Waals surface area (Å²) in [5.41, 5.74) is 8.12. The van der Waals surface area contributed by atoms with Gasteiger partial charge in [0, 0.05) is 132 Å². The van der Waals surface area contributed by atoms with Crippen molar-refractivity contribution in [3.05, 3.63) is 122 Å². The van der Waals surface area contributed by atoms with Gasteiger partial charge in [0.05, 0.1) is 29.5 Å². The van der Waals surface area contributed by atoms with Crippen LogP contribution in [0.4, 0.5) is 10.1 Å². The van der Waals surface area contributed by atoms with Crippen molar-refractivity contribution in [3.63, 3.8) is 0 Å². The molecule has 0 bridgehead atoms. The fourth-order valence-electron chi connectivity index (χ4n) is 12.5. The lowest BCUT2D eigenvalue weighted by atomic mass is 9.92. The number of amides is 3. The summed E-state index contributed by atoms with van der Waals surface area (Å²) in [7, 11) is 5.24. The molecule has 0 spiro atoms. The lowest BCUT2D eigenvalue weighted by molar-refractivity contribution is -0.135. The normalized spacial score (nSPS) is 20.9. The molecule has 75 heavy (non-hydrogen) atoms. The van der Waals surface area contributed by atoms with Gasteiger partial charge in [-0.1, -0.05) is 12.1 Å². The minimum atomic E-state index is -0.692. The molecule has 17 nitrogen and oxygen atoms in total. The van der Waals surface area contributed by atoms with Crippen LogP contribution in [0.25, 0.3) is 33.3 Å². The molecule has 394 valence electrons. The van der Waals surface area contributed by atoms with Crippen molar-refractivity contribution in [2.45, 2.75) is 96.4 Å². The van der Waals surface area contributed by atoms with E-state index in [1.54, 1.807) is 28.6 Å². The van der Waals surface area contributed by atoms with Gasteiger partial charge in [0.2, 0.25) is 17.6 Å². The Kier molecular flexibility index (Phi) is 13.6. The number of carbonyl (C=O) groups is 3. The summed E-state index contributed by atoms with van der Waals surface area (Å²) in [6, 6.07) is 15.0. The van der Waals surface area contributed by atoms with Gasteiger partial charge in [-0.25, -0.2) is 14.2 Å². The molecular formula is C57H68FN11O6. The van der Waals surface area contributed by atoms with Crippen molar-refractivity contribution < 1.29 is 23.5 Å². The summed E-state index contributed by atoms with van der Waals surface area (Å²) in [5, 5.41) is 6.29. The minimum absolute atomic E-state index is 0.00234. The first-order valence-electron chi connectivity index (χ1n) is 26.7. The fraction of sp³-hybridized carbons (Fsp3) is 0.474. The number of piperazine rings is 1. The van der Waals surface area contributed by atoms with Crippen molar-refractivity contribution in [3.8, 4) is 11.4 Å². The standard InChI is InChI=1S/C57H68FN11O6/c1-34-27-40(29-43(58)51(34)39-16-22-64(23-17-39)36(3)48-30-42-45(13-19-60-53(42)62(48)5)67-24-18-44(59-4)52(75-6)56(67)73)55(72)65-20-14-37(15-21-65)33-66-26-25-63(31-35(66)2)32-38-7-10-46-49(28-38)68(41-8-9-41)57(74)69(46)47-11-12-50(70)61-54(47)71/h7,10,13,16,18-19,24,27-30,35-37,41,47,59H,8-9,11-12,14-15,17,20-23,25-26,31-33H2,1-6H3,(H,61,70,71)/t35-,36-,47?/m0/s1. The van der Waals surface area contributed by atoms with Crippen LogP contribution in [-0.2, 0) is 23.2 Å². The number of aryl methyl sites for hydroxylation is 2. The molecule has 11 rings (SSSR count). The Hall–Kier alpha value is -6.89. The van der Waals surface area contributed by atoms with Gasteiger partial charge >= 0.3 is 5.69 Å². The first-order chi connectivity index (χ1) is 36.2. The van der Waals surface area contributed by atoms with Crippen molar-refractivity contribution in [2.75, 3.05) is 71.8 Å². The highest BCUT2D eigenvalue weighted by Gasteiger charge is 2.36. The largest absolute Gasteiger partial charge is 0.490 e. The summed E-state index contributed by atoms with van der Waals surface area (Å²) in [5.74, 6) is -0.486. The molecule has 3 saturated heterocycles. The molecule has 8 heterocycles. The summed E-state index contributed by atoms with van der Waals surface area (Å²) < 4.78 is 28.8. The van der Waals surface area contributed by atoms with Gasteiger partial charge in [-0.3, -0.25) is 52.9 Å². The second-order valence-electron chi connectivity index (χ2n) is 21.5. The highest BCUT2D eigenvalue weighted by Crippen LogP contribution is 2.38. The predicted octanol–water partition coefficient (Wildman–Crippen LogP) is 6.56. The molecule has 18 heteroatoms. The van der Waals surface area contributed by atoms with Crippen molar-refractivity contribution in [2.24, 2.45) is 13.0 Å². The number of piperidine rings is 2. The molecule has 3 atom stereocenters. The second kappa shape index (κ2) is 20.3. The van der Waals surface area contributed by atoms with E-state index in [1.807, 2.05) is 47.7 Å². The number of fused-ring (bicyclic) bond motifs is 2. The third kappa shape index (κ3) is 9.39. The van der Waals surface area contributed by atoms with Gasteiger partial charge in [0.25, 0.3) is 11.5 Å². The zero-order valence-corrected chi connectivity index (χ0v) is 43.9. The number of nitrogens with one attached hydrogen (secondary N) is 2. The lowest BCUT2D eigenvalue weighted by Gasteiger charge is -2.42. The predicted molar refractivity (Wildman–Crippen MR) is 287 cm³/mol. The Morgan fingerprint density at radius 3 is 2.43 bits per heavy atom. The Morgan fingerprint density at radius 2 is 1.73 bits per heavy atom. The SMILES string of the molecule is CNc1ccn(-c2ccnc3c2cc([C@H](C)N2CC=C(c4c(C)cc(C(=O)N5CCC(CN6CCN(Cc7ccc8c(c7)n(C7CC7)c(=O)n8C7CCC(=O)NC7=O)C[C@@H]6C)CC5)cc4F)CC2)n3C)c(=O)c1OC. The molecular weight excluding hydrogens is 954 g/mol. The third-order valence-electron chi connectivity index (χ3n) is 16.9. The molecule has 5 aliphatic rings. The number of anilines is 1. The van der Waals surface area contributed by atoms with Crippen molar-refractivity contribution >= 4 is 51.0 Å². The van der Waals surface area contributed by atoms with Gasteiger partial charge in [-0.15, -0.1) is 0 Å². The number of methoxy groups -OCH3 is 1. The maximum atomic E-state index is 16.2. The molecule has 0 radical (unpaired) electrons. The second-order valence-corrected chi connectivity index (χ2v) is 21.5. The van der Waals surface area contributed by atoms with E-state index in [0.29, 0.717) is 73.5 Å². The van der Waals surface area contributed by atoms with E-state index >= 15 is 4.39 Å². The number of pyridine rings is 2. The summed E-state index contributed by atoms with van der Waals surface area (Å²) in [6.45, 7) is 13.5. The lowest BCUT2D eigenvalue weighted by Crippen LogP contribution is -2.53. The van der Waals surface area contributed by atoms with E-state index in [0.717, 1.165) is 103 Å². The molecule has 6 aromatic rings. The number of rotatable bonds is 13. The van der Waals surface area contributed by atoms with Crippen LogP contribution >= 0.6 is 0 Å².